The molecule has 0 bridgehead atoms. The van der Waals surface area contributed by atoms with Gasteiger partial charge in [0.25, 0.3) is 5.91 Å². The predicted octanol–water partition coefficient (Wildman–Crippen LogP) is 1.76. The topological polar surface area (TPSA) is 71.1 Å². The van der Waals surface area contributed by atoms with Crippen molar-refractivity contribution in [1.29, 1.82) is 0 Å². The lowest BCUT2D eigenvalue weighted by molar-refractivity contribution is -0.115. The highest BCUT2D eigenvalue weighted by atomic mass is 16.2. The Labute approximate surface area is 117 Å². The molecule has 2 N–H and O–H groups in total. The molecule has 0 aliphatic rings. The minimum atomic E-state index is -0.293. The zero-order valence-corrected chi connectivity index (χ0v) is 11.1. The Bertz CT molecular complexity index is 612. The van der Waals surface area contributed by atoms with Crippen LogP contribution in [0.15, 0.2) is 48.8 Å². The lowest BCUT2D eigenvalue weighted by Gasteiger charge is -2.07. The molecule has 2 amide bonds. The van der Waals surface area contributed by atoms with E-state index >= 15 is 0 Å². The normalized spacial score (nSPS) is 9.85. The van der Waals surface area contributed by atoms with E-state index in [4.69, 9.17) is 0 Å². The van der Waals surface area contributed by atoms with E-state index in [1.807, 2.05) is 13.0 Å². The molecule has 0 fully saturated rings. The summed E-state index contributed by atoms with van der Waals surface area (Å²) in [4.78, 5) is 27.4. The number of hydrogen-bond donors (Lipinski definition) is 2. The third kappa shape index (κ3) is 3.91. The fourth-order valence-corrected chi connectivity index (χ4v) is 1.69. The summed E-state index contributed by atoms with van der Waals surface area (Å²) in [5, 5.41) is 5.22. The maximum atomic E-state index is 11.9. The number of benzene rings is 1. The number of rotatable bonds is 4. The lowest BCUT2D eigenvalue weighted by Crippen LogP contribution is -2.32. The molecule has 1 aromatic carbocycles. The SMILES string of the molecule is Cc1cccc(C(=O)NCC(=O)Nc2cccnc2)c1. The maximum Gasteiger partial charge on any atom is 0.251 e. The van der Waals surface area contributed by atoms with Gasteiger partial charge in [-0.2, -0.15) is 0 Å². The lowest BCUT2D eigenvalue weighted by atomic mass is 10.1. The predicted molar refractivity (Wildman–Crippen MR) is 76.4 cm³/mol. The van der Waals surface area contributed by atoms with E-state index in [2.05, 4.69) is 15.6 Å². The number of nitrogens with zero attached hydrogens (tertiary/aromatic N) is 1. The van der Waals surface area contributed by atoms with Crippen LogP contribution in [0.25, 0.3) is 0 Å². The van der Waals surface area contributed by atoms with Crippen LogP contribution in [0.4, 0.5) is 5.69 Å². The van der Waals surface area contributed by atoms with E-state index in [9.17, 15) is 9.59 Å². The zero-order valence-electron chi connectivity index (χ0n) is 11.1. The van der Waals surface area contributed by atoms with Crippen molar-refractivity contribution in [1.82, 2.24) is 10.3 Å². The Morgan fingerprint density at radius 1 is 1.20 bits per heavy atom. The zero-order chi connectivity index (χ0) is 14.4. The molecular formula is C15H15N3O2. The van der Waals surface area contributed by atoms with Crippen LogP contribution in [-0.2, 0) is 4.79 Å². The Kier molecular flexibility index (Phi) is 4.44. The van der Waals surface area contributed by atoms with Crippen molar-refractivity contribution >= 4 is 17.5 Å². The summed E-state index contributed by atoms with van der Waals surface area (Å²) in [6, 6.07) is 10.6. The van der Waals surface area contributed by atoms with Gasteiger partial charge in [-0.1, -0.05) is 17.7 Å². The van der Waals surface area contributed by atoms with Gasteiger partial charge in [-0.3, -0.25) is 14.6 Å². The first-order chi connectivity index (χ1) is 9.65. The van der Waals surface area contributed by atoms with Crippen molar-refractivity contribution in [2.45, 2.75) is 6.92 Å². The number of aromatic nitrogens is 1. The van der Waals surface area contributed by atoms with Crippen molar-refractivity contribution in [3.63, 3.8) is 0 Å². The van der Waals surface area contributed by atoms with Crippen LogP contribution < -0.4 is 10.6 Å². The fourth-order valence-electron chi connectivity index (χ4n) is 1.69. The molecule has 0 saturated carbocycles. The van der Waals surface area contributed by atoms with E-state index in [1.165, 1.54) is 0 Å². The highest BCUT2D eigenvalue weighted by Gasteiger charge is 2.08. The molecule has 0 saturated heterocycles. The third-order valence-corrected chi connectivity index (χ3v) is 2.64. The van der Waals surface area contributed by atoms with Crippen LogP contribution in [0, 0.1) is 6.92 Å². The van der Waals surface area contributed by atoms with Gasteiger partial charge in [0.05, 0.1) is 18.4 Å². The molecule has 102 valence electrons. The summed E-state index contributed by atoms with van der Waals surface area (Å²) < 4.78 is 0. The molecule has 0 atom stereocenters. The highest BCUT2D eigenvalue weighted by molar-refractivity contribution is 5.99. The summed E-state index contributed by atoms with van der Waals surface area (Å²) in [5.74, 6) is -0.561. The van der Waals surface area contributed by atoms with E-state index in [-0.39, 0.29) is 18.4 Å². The van der Waals surface area contributed by atoms with Crippen LogP contribution in [0.5, 0.6) is 0 Å². The average molecular weight is 269 g/mol. The number of hydrogen-bond acceptors (Lipinski definition) is 3. The van der Waals surface area contributed by atoms with E-state index in [0.29, 0.717) is 11.3 Å². The van der Waals surface area contributed by atoms with Gasteiger partial charge in [-0.15, -0.1) is 0 Å². The van der Waals surface area contributed by atoms with Gasteiger partial charge in [0.2, 0.25) is 5.91 Å². The Balaban J connectivity index is 1.86. The molecule has 1 heterocycles. The van der Waals surface area contributed by atoms with E-state index in [1.54, 1.807) is 42.7 Å². The number of carbonyl (C=O) groups is 2. The van der Waals surface area contributed by atoms with Gasteiger partial charge in [0.1, 0.15) is 0 Å². The average Bonchev–Trinajstić information content (AvgIpc) is 2.46. The Morgan fingerprint density at radius 3 is 2.75 bits per heavy atom. The molecule has 1 aromatic heterocycles. The molecule has 0 spiro atoms. The molecule has 20 heavy (non-hydrogen) atoms. The van der Waals surface area contributed by atoms with E-state index < -0.39 is 0 Å². The van der Waals surface area contributed by atoms with Crippen molar-refractivity contribution in [2.75, 3.05) is 11.9 Å². The van der Waals surface area contributed by atoms with Crippen LogP contribution in [0.2, 0.25) is 0 Å². The number of anilines is 1. The van der Waals surface area contributed by atoms with Crippen molar-refractivity contribution < 1.29 is 9.59 Å². The second-order valence-electron chi connectivity index (χ2n) is 4.34. The smallest absolute Gasteiger partial charge is 0.251 e. The number of aryl methyl sites for hydroxylation is 1. The van der Waals surface area contributed by atoms with Gasteiger partial charge in [-0.05, 0) is 31.2 Å². The van der Waals surface area contributed by atoms with Crippen molar-refractivity contribution in [3.05, 3.63) is 59.9 Å². The maximum absolute atomic E-state index is 11.9. The minimum Gasteiger partial charge on any atom is -0.343 e. The minimum absolute atomic E-state index is 0.0817. The first kappa shape index (κ1) is 13.7. The molecule has 5 nitrogen and oxygen atoms in total. The fraction of sp³-hybridized carbons (Fsp3) is 0.133. The van der Waals surface area contributed by atoms with Gasteiger partial charge in [0, 0.05) is 11.8 Å². The van der Waals surface area contributed by atoms with Gasteiger partial charge >= 0.3 is 0 Å². The number of amides is 2. The first-order valence-electron chi connectivity index (χ1n) is 6.20. The number of pyridine rings is 1. The summed E-state index contributed by atoms with van der Waals surface area (Å²) in [6.07, 6.45) is 3.16. The molecule has 0 unspecified atom stereocenters. The molecule has 0 aliphatic carbocycles. The van der Waals surface area contributed by atoms with Gasteiger partial charge in [-0.25, -0.2) is 0 Å². The van der Waals surface area contributed by atoms with E-state index in [0.717, 1.165) is 5.56 Å². The highest BCUT2D eigenvalue weighted by Crippen LogP contribution is 2.04. The largest absolute Gasteiger partial charge is 0.343 e. The van der Waals surface area contributed by atoms with Crippen molar-refractivity contribution in [3.8, 4) is 0 Å². The summed E-state index contributed by atoms with van der Waals surface area (Å²) in [5.41, 5.74) is 2.14. The van der Waals surface area contributed by atoms with Crippen LogP contribution in [-0.4, -0.2) is 23.3 Å². The standard InChI is InChI=1S/C15H15N3O2/c1-11-4-2-5-12(8-11)15(20)17-10-14(19)18-13-6-3-7-16-9-13/h2-9H,10H2,1H3,(H,17,20)(H,18,19). The monoisotopic (exact) mass is 269 g/mol. The van der Waals surface area contributed by atoms with Gasteiger partial charge in [0.15, 0.2) is 0 Å². The second kappa shape index (κ2) is 6.47. The molecule has 2 rings (SSSR count). The number of carbonyl (C=O) groups excluding carboxylic acids is 2. The molecular weight excluding hydrogens is 254 g/mol. The summed E-state index contributed by atoms with van der Waals surface area (Å²) in [6.45, 7) is 1.83. The summed E-state index contributed by atoms with van der Waals surface area (Å²) in [7, 11) is 0. The molecule has 2 aromatic rings. The summed E-state index contributed by atoms with van der Waals surface area (Å²) >= 11 is 0. The first-order valence-corrected chi connectivity index (χ1v) is 6.20. The molecule has 0 aliphatic heterocycles. The Hall–Kier alpha value is -2.69. The number of nitrogens with one attached hydrogen (secondary N) is 2. The quantitative estimate of drug-likeness (QED) is 0.888. The third-order valence-electron chi connectivity index (χ3n) is 2.64. The van der Waals surface area contributed by atoms with Crippen LogP contribution in [0.1, 0.15) is 15.9 Å². The second-order valence-corrected chi connectivity index (χ2v) is 4.34. The molecule has 5 heteroatoms. The van der Waals surface area contributed by atoms with Crippen molar-refractivity contribution in [2.24, 2.45) is 0 Å². The van der Waals surface area contributed by atoms with Crippen LogP contribution in [0.3, 0.4) is 0 Å². The Morgan fingerprint density at radius 2 is 2.05 bits per heavy atom. The molecule has 0 radical (unpaired) electrons. The van der Waals surface area contributed by atoms with Gasteiger partial charge < -0.3 is 10.6 Å². The van der Waals surface area contributed by atoms with Crippen LogP contribution >= 0.6 is 0 Å².